The molecule has 11 nitrogen and oxygen atoms in total. The van der Waals surface area contributed by atoms with E-state index >= 15 is 4.39 Å². The lowest BCUT2D eigenvalue weighted by atomic mass is 9.97. The molecule has 0 spiro atoms. The Hall–Kier alpha value is -3.01. The third-order valence-electron chi connectivity index (χ3n) is 5.32. The largest absolute Gasteiger partial charge is 0.463 e. The summed E-state index contributed by atoms with van der Waals surface area (Å²) in [6, 6.07) is 7.40. The first-order chi connectivity index (χ1) is 19.0. The molecule has 0 bridgehead atoms. The molecule has 3 rings (SSSR count). The number of rotatable bonds is 10. The van der Waals surface area contributed by atoms with Crippen molar-refractivity contribution in [3.8, 4) is 17.0 Å². The molecular formula is C24H26ClF2N2O9P. The number of carbonyl (C=O) groups is 1. The van der Waals surface area contributed by atoms with Crippen LogP contribution in [0, 0.1) is 23.0 Å². The number of aliphatic hydroxyl groups is 1. The summed E-state index contributed by atoms with van der Waals surface area (Å²) in [6.45, 7) is 1.14. The van der Waals surface area contributed by atoms with Gasteiger partial charge < -0.3 is 19.1 Å². The molecule has 39 heavy (non-hydrogen) atoms. The van der Waals surface area contributed by atoms with E-state index in [-0.39, 0.29) is 16.5 Å². The van der Waals surface area contributed by atoms with Crippen LogP contribution in [0.3, 0.4) is 0 Å². The lowest BCUT2D eigenvalue weighted by molar-refractivity contribution is -0.151. The number of halogens is 3. The molecule has 15 heteroatoms. The summed E-state index contributed by atoms with van der Waals surface area (Å²) in [4.78, 5) is 37.8. The molecular weight excluding hydrogens is 565 g/mol. The number of carbonyl (C=O) groups excluding carboxylic acids is 1. The number of alkyl halides is 1. The number of nitrogens with zero attached hydrogens (tertiary/aromatic N) is 1. The Labute approximate surface area is 229 Å². The molecule has 0 saturated carbocycles. The summed E-state index contributed by atoms with van der Waals surface area (Å²) in [5.41, 5.74) is -6.18. The number of benzene rings is 1. The van der Waals surface area contributed by atoms with Gasteiger partial charge in [0.2, 0.25) is 11.5 Å². The highest BCUT2D eigenvalue weighted by Gasteiger charge is 2.58. The van der Waals surface area contributed by atoms with Gasteiger partial charge >= 0.3 is 19.3 Å². The minimum absolute atomic E-state index is 0.0371. The van der Waals surface area contributed by atoms with Crippen molar-refractivity contribution in [3.63, 3.8) is 0 Å². The lowest BCUT2D eigenvalue weighted by Gasteiger charge is -2.24. The maximum atomic E-state index is 16.1. The predicted octanol–water partition coefficient (Wildman–Crippen LogP) is 2.72. The first kappa shape index (κ1) is 27.6. The van der Waals surface area contributed by atoms with Gasteiger partial charge in [0, 0.05) is 5.38 Å². The van der Waals surface area contributed by atoms with Crippen LogP contribution < -0.4 is 15.8 Å². The van der Waals surface area contributed by atoms with Crippen LogP contribution in [0.25, 0.3) is 0 Å². The molecule has 1 aliphatic heterocycles. The van der Waals surface area contributed by atoms with E-state index in [1.807, 2.05) is 0 Å². The molecule has 1 unspecified atom stereocenters. The number of H-pyrrole nitrogens is 1. The average molecular weight is 593 g/mol. The van der Waals surface area contributed by atoms with Crippen LogP contribution in [0.4, 0.5) is 8.78 Å². The zero-order valence-corrected chi connectivity index (χ0v) is 22.4. The maximum Gasteiger partial charge on any atom is 0.380 e. The van der Waals surface area contributed by atoms with Crippen LogP contribution in [0.15, 0.2) is 46.1 Å². The predicted molar refractivity (Wildman–Crippen MR) is 135 cm³/mol. The van der Waals surface area contributed by atoms with Crippen LogP contribution in [-0.2, 0) is 23.4 Å². The number of aromatic amines is 1. The molecule has 1 aromatic carbocycles. The molecule has 2 heterocycles. The van der Waals surface area contributed by atoms with Crippen molar-refractivity contribution in [2.24, 2.45) is 5.92 Å². The molecule has 1 aromatic heterocycles. The van der Waals surface area contributed by atoms with Gasteiger partial charge in [-0.1, -0.05) is 25.1 Å². The number of esters is 1. The third kappa shape index (κ3) is 7.15. The first-order valence-electron chi connectivity index (χ1n) is 12.4. The lowest BCUT2D eigenvalue weighted by Crippen LogP contribution is -2.45. The fraction of sp³-hybridized carbons (Fsp3) is 0.458. The fourth-order valence-electron chi connectivity index (χ4n) is 3.51. The quantitative estimate of drug-likeness (QED) is 0.241. The SMILES string of the molecule is [2H]C([2H])(O[P@@](=O)(C[C@@H](C)C(=O)OC(C)C)Oc1ccccc1)[C@H]1O[C@@H](n2cc(F)c(=O)[nH]c2=O)C(F)(C#CCl)[C@H]1O. The zero-order chi connectivity index (χ0) is 30.8. The molecule has 0 amide bonds. The second-order valence-corrected chi connectivity index (χ2v) is 10.9. The Balaban J connectivity index is 2.01. The monoisotopic (exact) mass is 592 g/mol. The second kappa shape index (κ2) is 12.4. The highest BCUT2D eigenvalue weighted by molar-refractivity contribution is 7.54. The van der Waals surface area contributed by atoms with E-state index in [9.17, 15) is 28.4 Å². The van der Waals surface area contributed by atoms with Crippen molar-refractivity contribution in [2.45, 2.75) is 51.0 Å². The smallest absolute Gasteiger partial charge is 0.380 e. The van der Waals surface area contributed by atoms with E-state index < -0.39 is 79.5 Å². The van der Waals surface area contributed by atoms with Gasteiger partial charge in [0.15, 0.2) is 6.23 Å². The normalized spacial score (nSPS) is 26.0. The van der Waals surface area contributed by atoms with Gasteiger partial charge in [-0.15, -0.1) is 0 Å². The number of ether oxygens (including phenoxy) is 2. The number of aromatic nitrogens is 2. The number of aliphatic hydroxyl groups excluding tert-OH is 1. The van der Waals surface area contributed by atoms with Crippen molar-refractivity contribution in [3.05, 3.63) is 63.2 Å². The summed E-state index contributed by atoms with van der Waals surface area (Å²) in [5, 5.41) is 12.5. The van der Waals surface area contributed by atoms with E-state index in [0.717, 1.165) is 0 Å². The Morgan fingerprint density at radius 1 is 1.36 bits per heavy atom. The fourth-order valence-corrected chi connectivity index (χ4v) is 5.37. The summed E-state index contributed by atoms with van der Waals surface area (Å²) in [6.07, 6.45) is -8.29. The Kier molecular flexibility index (Phi) is 8.79. The van der Waals surface area contributed by atoms with Crippen LogP contribution in [0.5, 0.6) is 5.75 Å². The second-order valence-electron chi connectivity index (χ2n) is 8.78. The number of para-hydroxylation sites is 1. The summed E-state index contributed by atoms with van der Waals surface area (Å²) < 4.78 is 82.2. The van der Waals surface area contributed by atoms with Gasteiger partial charge in [0.1, 0.15) is 18.0 Å². The highest BCUT2D eigenvalue weighted by atomic mass is 35.5. The Bertz CT molecular complexity index is 1500. The topological polar surface area (TPSA) is 146 Å². The van der Waals surface area contributed by atoms with Crippen LogP contribution in [0.1, 0.15) is 29.7 Å². The van der Waals surface area contributed by atoms with E-state index in [1.165, 1.54) is 31.2 Å². The Morgan fingerprint density at radius 3 is 2.64 bits per heavy atom. The number of nitrogens with one attached hydrogen (secondary N) is 1. The van der Waals surface area contributed by atoms with Crippen LogP contribution in [0.2, 0.25) is 0 Å². The molecule has 2 N–H and O–H groups in total. The van der Waals surface area contributed by atoms with Crippen molar-refractivity contribution >= 4 is 25.2 Å². The van der Waals surface area contributed by atoms with E-state index in [2.05, 4.69) is 0 Å². The van der Waals surface area contributed by atoms with Crippen LogP contribution in [-0.4, -0.2) is 57.3 Å². The van der Waals surface area contributed by atoms with E-state index in [4.69, 9.17) is 32.9 Å². The zero-order valence-electron chi connectivity index (χ0n) is 22.8. The van der Waals surface area contributed by atoms with E-state index in [1.54, 1.807) is 36.2 Å². The van der Waals surface area contributed by atoms with Crippen LogP contribution >= 0.6 is 19.2 Å². The summed E-state index contributed by atoms with van der Waals surface area (Å²) >= 11 is 5.35. The molecule has 0 radical (unpaired) electrons. The minimum atomic E-state index is -4.70. The van der Waals surface area contributed by atoms with E-state index in [0.29, 0.717) is 0 Å². The van der Waals surface area contributed by atoms with Crippen molar-refractivity contribution in [1.29, 1.82) is 0 Å². The number of hydrogen-bond donors (Lipinski definition) is 2. The average Bonchev–Trinajstić information content (AvgIpc) is 3.12. The van der Waals surface area contributed by atoms with Crippen molar-refractivity contribution in [1.82, 2.24) is 9.55 Å². The van der Waals surface area contributed by atoms with Gasteiger partial charge in [0.25, 0.3) is 5.56 Å². The minimum Gasteiger partial charge on any atom is -0.463 e. The number of hydrogen-bond acceptors (Lipinski definition) is 9. The van der Waals surface area contributed by atoms with Crippen molar-refractivity contribution < 1.29 is 44.5 Å². The van der Waals surface area contributed by atoms with Gasteiger partial charge in [-0.2, -0.15) is 4.39 Å². The highest BCUT2D eigenvalue weighted by Crippen LogP contribution is 2.51. The standard InChI is InChI=1S/C24H26ClF2N2O9P/c1-14(2)36-21(32)15(3)13-39(34,38-16-7-5-4-6-8-16)35-12-18-19(30)24(27,9-10-25)22(37-18)29-11-17(26)20(31)28-23(29)33/h4-8,11,14-15,18-19,22,30H,12-13H2,1-3H3,(H,28,31,33)/t15-,18-,19+,22-,24?,39+/m1/s1/i12D2. The molecule has 0 aliphatic carbocycles. The molecule has 2 aromatic rings. The van der Waals surface area contributed by atoms with Gasteiger partial charge in [-0.3, -0.25) is 23.7 Å². The third-order valence-corrected chi connectivity index (χ3v) is 7.28. The van der Waals surface area contributed by atoms with Gasteiger partial charge in [-0.25, -0.2) is 13.8 Å². The molecule has 212 valence electrons. The summed E-state index contributed by atoms with van der Waals surface area (Å²) in [7, 11) is -4.70. The van der Waals surface area contributed by atoms with Gasteiger partial charge in [0.05, 0.1) is 33.7 Å². The Morgan fingerprint density at radius 2 is 2.03 bits per heavy atom. The first-order valence-corrected chi connectivity index (χ1v) is 13.5. The molecule has 1 saturated heterocycles. The summed E-state index contributed by atoms with van der Waals surface area (Å²) in [5.74, 6) is -1.74. The molecule has 6 atom stereocenters. The molecule has 1 aliphatic rings. The maximum absolute atomic E-state index is 16.1. The van der Waals surface area contributed by atoms with Crippen molar-refractivity contribution in [2.75, 3.05) is 12.7 Å². The molecule has 1 fully saturated rings. The van der Waals surface area contributed by atoms with Gasteiger partial charge in [-0.05, 0) is 43.5 Å².